The smallest absolute Gasteiger partial charge is 0.119 e. The summed E-state index contributed by atoms with van der Waals surface area (Å²) >= 11 is 0. The van der Waals surface area contributed by atoms with Crippen molar-refractivity contribution in [1.82, 2.24) is 5.32 Å². The number of nitrogens with one attached hydrogen (secondary N) is 1. The topological polar surface area (TPSA) is 24.5 Å². The Morgan fingerprint density at radius 3 is 2.18 bits per heavy atom. The zero-order valence-corrected chi connectivity index (χ0v) is 13.4. The van der Waals surface area contributed by atoms with Crippen LogP contribution in [0, 0.1) is 0 Å². The Morgan fingerprint density at radius 2 is 1.64 bits per heavy atom. The zero-order valence-electron chi connectivity index (χ0n) is 13.4. The van der Waals surface area contributed by atoms with Gasteiger partial charge in [0.2, 0.25) is 0 Å². The van der Waals surface area contributed by atoms with E-state index in [2.05, 4.69) is 58.7 Å². The molecule has 1 fully saturated rings. The Balaban J connectivity index is 1.62. The molecule has 116 valence electrons. The minimum atomic E-state index is 0.221. The summed E-state index contributed by atoms with van der Waals surface area (Å²) in [5.41, 5.74) is 3.95. The van der Waals surface area contributed by atoms with Gasteiger partial charge in [0.25, 0.3) is 0 Å². The monoisotopic (exact) mass is 296 g/mol. The SMILES string of the molecule is CC(C)Oc1ccc(Cc2ccc(N3CCNC3)cc2)cc1. The summed E-state index contributed by atoms with van der Waals surface area (Å²) in [5, 5.41) is 3.36. The van der Waals surface area contributed by atoms with Crippen LogP contribution in [0.2, 0.25) is 0 Å². The highest BCUT2D eigenvalue weighted by molar-refractivity contribution is 5.48. The van der Waals surface area contributed by atoms with E-state index >= 15 is 0 Å². The summed E-state index contributed by atoms with van der Waals surface area (Å²) in [6.07, 6.45) is 1.18. The van der Waals surface area contributed by atoms with Crippen molar-refractivity contribution >= 4 is 5.69 Å². The lowest BCUT2D eigenvalue weighted by atomic mass is 10.0. The molecule has 0 spiro atoms. The quantitative estimate of drug-likeness (QED) is 0.915. The predicted octanol–water partition coefficient (Wildman–Crippen LogP) is 3.43. The van der Waals surface area contributed by atoms with E-state index in [0.29, 0.717) is 0 Å². The van der Waals surface area contributed by atoms with Crippen molar-refractivity contribution in [2.75, 3.05) is 24.7 Å². The van der Waals surface area contributed by atoms with Crippen molar-refractivity contribution in [3.05, 3.63) is 59.7 Å². The molecule has 2 aromatic carbocycles. The van der Waals surface area contributed by atoms with Gasteiger partial charge >= 0.3 is 0 Å². The third-order valence-corrected chi connectivity index (χ3v) is 3.87. The molecule has 1 saturated heterocycles. The molecule has 0 saturated carbocycles. The van der Waals surface area contributed by atoms with Crippen molar-refractivity contribution in [1.29, 1.82) is 0 Å². The number of ether oxygens (including phenoxy) is 1. The fraction of sp³-hybridized carbons (Fsp3) is 0.368. The Morgan fingerprint density at radius 1 is 1.00 bits per heavy atom. The molecule has 3 nitrogen and oxygen atoms in total. The first kappa shape index (κ1) is 14.9. The summed E-state index contributed by atoms with van der Waals surface area (Å²) in [5.74, 6) is 0.940. The molecule has 22 heavy (non-hydrogen) atoms. The average molecular weight is 296 g/mol. The standard InChI is InChI=1S/C19H24N2O/c1-15(2)22-19-9-5-17(6-10-19)13-16-3-7-18(8-4-16)21-12-11-20-14-21/h3-10,15,20H,11-14H2,1-2H3. The van der Waals surface area contributed by atoms with Gasteiger partial charge in [0.15, 0.2) is 0 Å². The van der Waals surface area contributed by atoms with Gasteiger partial charge in [-0.25, -0.2) is 0 Å². The second kappa shape index (κ2) is 6.84. The molecular formula is C19H24N2O. The Kier molecular flexibility index (Phi) is 4.64. The highest BCUT2D eigenvalue weighted by atomic mass is 16.5. The van der Waals surface area contributed by atoms with Crippen LogP contribution in [-0.4, -0.2) is 25.9 Å². The Hall–Kier alpha value is -2.00. The van der Waals surface area contributed by atoms with Gasteiger partial charge in [0.05, 0.1) is 12.8 Å². The van der Waals surface area contributed by atoms with Crippen LogP contribution < -0.4 is 15.0 Å². The van der Waals surface area contributed by atoms with E-state index in [-0.39, 0.29) is 6.10 Å². The van der Waals surface area contributed by atoms with Crippen LogP contribution in [0.25, 0.3) is 0 Å². The molecule has 0 bridgehead atoms. The Bertz CT molecular complexity index is 584. The molecule has 0 aliphatic carbocycles. The first-order chi connectivity index (χ1) is 10.7. The highest BCUT2D eigenvalue weighted by Crippen LogP contribution is 2.19. The number of nitrogens with zero attached hydrogens (tertiary/aromatic N) is 1. The van der Waals surface area contributed by atoms with E-state index in [1.807, 2.05) is 13.8 Å². The molecule has 1 aliphatic rings. The average Bonchev–Trinajstić information content (AvgIpc) is 3.04. The maximum Gasteiger partial charge on any atom is 0.119 e. The summed E-state index contributed by atoms with van der Waals surface area (Å²) in [6, 6.07) is 17.3. The van der Waals surface area contributed by atoms with E-state index in [1.165, 1.54) is 16.8 Å². The van der Waals surface area contributed by atoms with Crippen LogP contribution in [0.3, 0.4) is 0 Å². The third-order valence-electron chi connectivity index (χ3n) is 3.87. The van der Waals surface area contributed by atoms with Crippen LogP contribution in [0.5, 0.6) is 5.75 Å². The highest BCUT2D eigenvalue weighted by Gasteiger charge is 2.10. The van der Waals surface area contributed by atoms with Crippen molar-refractivity contribution in [2.24, 2.45) is 0 Å². The normalized spacial score (nSPS) is 14.6. The van der Waals surface area contributed by atoms with E-state index in [9.17, 15) is 0 Å². The van der Waals surface area contributed by atoms with Gasteiger partial charge in [-0.3, -0.25) is 5.32 Å². The van der Waals surface area contributed by atoms with Gasteiger partial charge in [0, 0.05) is 18.8 Å². The molecule has 0 unspecified atom stereocenters. The maximum atomic E-state index is 5.68. The third kappa shape index (κ3) is 3.80. The summed E-state index contributed by atoms with van der Waals surface area (Å²) in [7, 11) is 0. The van der Waals surface area contributed by atoms with Gasteiger partial charge in [-0.05, 0) is 55.7 Å². The van der Waals surface area contributed by atoms with Crippen molar-refractivity contribution in [3.8, 4) is 5.75 Å². The summed E-state index contributed by atoms with van der Waals surface area (Å²) < 4.78 is 5.68. The maximum absolute atomic E-state index is 5.68. The molecule has 0 radical (unpaired) electrons. The van der Waals surface area contributed by atoms with Gasteiger partial charge in [-0.15, -0.1) is 0 Å². The fourth-order valence-corrected chi connectivity index (χ4v) is 2.75. The van der Waals surface area contributed by atoms with Crippen LogP contribution in [0.1, 0.15) is 25.0 Å². The van der Waals surface area contributed by atoms with Crippen LogP contribution in [0.4, 0.5) is 5.69 Å². The molecular weight excluding hydrogens is 272 g/mol. The molecule has 2 aromatic rings. The minimum absolute atomic E-state index is 0.221. The van der Waals surface area contributed by atoms with Crippen molar-refractivity contribution in [3.63, 3.8) is 0 Å². The number of hydrogen-bond acceptors (Lipinski definition) is 3. The van der Waals surface area contributed by atoms with Crippen LogP contribution in [-0.2, 0) is 6.42 Å². The summed E-state index contributed by atoms with van der Waals surface area (Å²) in [4.78, 5) is 2.36. The molecule has 0 amide bonds. The largest absolute Gasteiger partial charge is 0.491 e. The molecule has 3 heteroatoms. The lowest BCUT2D eigenvalue weighted by Gasteiger charge is -2.17. The van der Waals surface area contributed by atoms with E-state index in [1.54, 1.807) is 0 Å². The molecule has 1 aliphatic heterocycles. The predicted molar refractivity (Wildman–Crippen MR) is 91.7 cm³/mol. The van der Waals surface area contributed by atoms with Gasteiger partial charge < -0.3 is 9.64 Å². The van der Waals surface area contributed by atoms with Gasteiger partial charge in [-0.2, -0.15) is 0 Å². The molecule has 1 N–H and O–H groups in total. The second-order valence-corrected chi connectivity index (χ2v) is 6.08. The van der Waals surface area contributed by atoms with Gasteiger partial charge in [0.1, 0.15) is 5.75 Å². The van der Waals surface area contributed by atoms with Crippen molar-refractivity contribution < 1.29 is 4.74 Å². The zero-order chi connectivity index (χ0) is 15.4. The lowest BCUT2D eigenvalue weighted by Crippen LogP contribution is -2.20. The molecule has 0 aromatic heterocycles. The van der Waals surface area contributed by atoms with Gasteiger partial charge in [-0.1, -0.05) is 24.3 Å². The minimum Gasteiger partial charge on any atom is -0.491 e. The Labute approximate surface area is 132 Å². The summed E-state index contributed by atoms with van der Waals surface area (Å²) in [6.45, 7) is 7.22. The van der Waals surface area contributed by atoms with Crippen LogP contribution >= 0.6 is 0 Å². The number of benzene rings is 2. The first-order valence-corrected chi connectivity index (χ1v) is 8.01. The number of rotatable bonds is 5. The van der Waals surface area contributed by atoms with E-state index in [0.717, 1.165) is 31.9 Å². The number of hydrogen-bond donors (Lipinski definition) is 1. The lowest BCUT2D eigenvalue weighted by molar-refractivity contribution is 0.242. The van der Waals surface area contributed by atoms with E-state index in [4.69, 9.17) is 4.74 Å². The molecule has 3 rings (SSSR count). The fourth-order valence-electron chi connectivity index (χ4n) is 2.75. The van der Waals surface area contributed by atoms with Crippen LogP contribution in [0.15, 0.2) is 48.5 Å². The first-order valence-electron chi connectivity index (χ1n) is 8.01. The number of anilines is 1. The van der Waals surface area contributed by atoms with E-state index < -0.39 is 0 Å². The second-order valence-electron chi connectivity index (χ2n) is 6.08. The van der Waals surface area contributed by atoms with Crippen molar-refractivity contribution in [2.45, 2.75) is 26.4 Å². The molecule has 1 heterocycles. The molecule has 0 atom stereocenters.